The zero-order valence-electron chi connectivity index (χ0n) is 17.7. The summed E-state index contributed by atoms with van der Waals surface area (Å²) in [5.74, 6) is -2.01. The van der Waals surface area contributed by atoms with Gasteiger partial charge in [-0.2, -0.15) is 0 Å². The summed E-state index contributed by atoms with van der Waals surface area (Å²) in [6.07, 6.45) is 0.828. The van der Waals surface area contributed by atoms with Crippen LogP contribution in [0.3, 0.4) is 0 Å². The first-order chi connectivity index (χ1) is 15.5. The van der Waals surface area contributed by atoms with Gasteiger partial charge in [-0.25, -0.2) is 4.39 Å². The van der Waals surface area contributed by atoms with Gasteiger partial charge < -0.3 is 9.84 Å². The van der Waals surface area contributed by atoms with Crippen molar-refractivity contribution in [3.63, 3.8) is 0 Å². The lowest BCUT2D eigenvalue weighted by Gasteiger charge is -2.25. The molecule has 1 N–H and O–H groups in total. The molecule has 162 valence electrons. The van der Waals surface area contributed by atoms with E-state index in [1.807, 2.05) is 19.1 Å². The molecule has 1 fully saturated rings. The molecular weight excluding hydrogens is 409 g/mol. The Kier molecular flexibility index (Phi) is 5.77. The van der Waals surface area contributed by atoms with Crippen molar-refractivity contribution in [2.24, 2.45) is 0 Å². The number of halogens is 1. The van der Waals surface area contributed by atoms with Crippen LogP contribution in [0.4, 0.5) is 10.1 Å². The summed E-state index contributed by atoms with van der Waals surface area (Å²) in [7, 11) is 1.46. The molecule has 1 heterocycles. The van der Waals surface area contributed by atoms with E-state index in [0.717, 1.165) is 12.0 Å². The Bertz CT molecular complexity index is 1200. The highest BCUT2D eigenvalue weighted by Crippen LogP contribution is 2.43. The molecule has 6 heteroatoms. The summed E-state index contributed by atoms with van der Waals surface area (Å²) in [5.41, 5.74) is 2.31. The summed E-state index contributed by atoms with van der Waals surface area (Å²) in [5, 5.41) is 11.2. The first-order valence-corrected chi connectivity index (χ1v) is 10.2. The fourth-order valence-electron chi connectivity index (χ4n) is 3.94. The van der Waals surface area contributed by atoms with Crippen molar-refractivity contribution in [3.8, 4) is 5.75 Å². The van der Waals surface area contributed by atoms with Crippen LogP contribution in [0.25, 0.3) is 5.76 Å². The summed E-state index contributed by atoms with van der Waals surface area (Å²) in [6, 6.07) is 18.6. The second kappa shape index (κ2) is 8.67. The molecule has 0 aliphatic carbocycles. The number of aliphatic hydroxyl groups excluding tert-OH is 1. The number of nitrogens with zero attached hydrogens (tertiary/aromatic N) is 1. The molecule has 5 nitrogen and oxygen atoms in total. The number of carbonyl (C=O) groups excluding carboxylic acids is 2. The van der Waals surface area contributed by atoms with E-state index in [9.17, 15) is 19.1 Å². The Balaban J connectivity index is 1.94. The molecule has 4 rings (SSSR count). The summed E-state index contributed by atoms with van der Waals surface area (Å²) >= 11 is 0. The smallest absolute Gasteiger partial charge is 0.300 e. The first kappa shape index (κ1) is 21.3. The van der Waals surface area contributed by atoms with Crippen molar-refractivity contribution in [3.05, 3.63) is 101 Å². The van der Waals surface area contributed by atoms with E-state index in [-0.39, 0.29) is 11.3 Å². The number of ketones is 1. The Hall–Kier alpha value is -3.93. The third-order valence-corrected chi connectivity index (χ3v) is 5.62. The molecule has 1 amide bonds. The van der Waals surface area contributed by atoms with Crippen LogP contribution in [0.2, 0.25) is 0 Å². The molecule has 0 saturated carbocycles. The number of hydrogen-bond acceptors (Lipinski definition) is 4. The highest BCUT2D eigenvalue weighted by Gasteiger charge is 2.47. The number of rotatable bonds is 5. The average Bonchev–Trinajstić information content (AvgIpc) is 3.09. The van der Waals surface area contributed by atoms with E-state index in [4.69, 9.17) is 4.74 Å². The number of methoxy groups -OCH3 is 1. The second-order valence-electron chi connectivity index (χ2n) is 7.44. The number of aliphatic hydroxyl groups is 1. The quantitative estimate of drug-likeness (QED) is 0.350. The zero-order valence-corrected chi connectivity index (χ0v) is 17.7. The third kappa shape index (κ3) is 3.64. The molecule has 0 aromatic heterocycles. The highest BCUT2D eigenvalue weighted by molar-refractivity contribution is 6.51. The van der Waals surface area contributed by atoms with Crippen LogP contribution in [-0.2, 0) is 16.0 Å². The molecule has 1 atom stereocenters. The monoisotopic (exact) mass is 431 g/mol. The van der Waals surface area contributed by atoms with Crippen molar-refractivity contribution >= 4 is 23.1 Å². The lowest BCUT2D eigenvalue weighted by atomic mass is 9.94. The fraction of sp³-hybridized carbons (Fsp3) is 0.154. The number of hydrogen-bond donors (Lipinski definition) is 1. The summed E-state index contributed by atoms with van der Waals surface area (Å²) in [6.45, 7) is 2.02. The van der Waals surface area contributed by atoms with Gasteiger partial charge in [0.25, 0.3) is 11.7 Å². The predicted molar refractivity (Wildman–Crippen MR) is 120 cm³/mol. The van der Waals surface area contributed by atoms with Gasteiger partial charge in [-0.1, -0.05) is 43.3 Å². The van der Waals surface area contributed by atoms with E-state index in [1.54, 1.807) is 36.4 Å². The van der Waals surface area contributed by atoms with E-state index < -0.39 is 23.5 Å². The van der Waals surface area contributed by atoms with E-state index >= 15 is 0 Å². The number of para-hydroxylation sites is 1. The topological polar surface area (TPSA) is 66.8 Å². The van der Waals surface area contributed by atoms with Gasteiger partial charge in [-0.3, -0.25) is 14.5 Å². The van der Waals surface area contributed by atoms with Crippen LogP contribution in [0.1, 0.15) is 29.7 Å². The molecule has 1 aliphatic heterocycles. The van der Waals surface area contributed by atoms with Crippen LogP contribution < -0.4 is 9.64 Å². The molecule has 3 aromatic carbocycles. The molecule has 1 aliphatic rings. The Morgan fingerprint density at radius 3 is 2.28 bits per heavy atom. The lowest BCUT2D eigenvalue weighted by molar-refractivity contribution is -0.132. The lowest BCUT2D eigenvalue weighted by Crippen LogP contribution is -2.29. The van der Waals surface area contributed by atoms with Crippen molar-refractivity contribution < 1.29 is 23.8 Å². The summed E-state index contributed by atoms with van der Waals surface area (Å²) in [4.78, 5) is 27.6. The van der Waals surface area contributed by atoms with Crippen LogP contribution in [0.15, 0.2) is 78.4 Å². The maximum atomic E-state index is 13.6. The maximum absolute atomic E-state index is 13.6. The SMILES string of the molecule is CCc1ccc(N2C(=O)C(=O)/C(=C(\O)c3ccccc3OC)C2c2ccc(F)cc2)cc1. The molecule has 0 spiro atoms. The number of aryl methyl sites for hydroxylation is 1. The van der Waals surface area contributed by atoms with Crippen molar-refractivity contribution in [1.29, 1.82) is 0 Å². The number of Topliss-reactive ketones (excluding diaryl/α,β-unsaturated/α-hetero) is 1. The van der Waals surface area contributed by atoms with Gasteiger partial charge in [0.15, 0.2) is 0 Å². The minimum Gasteiger partial charge on any atom is -0.507 e. The minimum atomic E-state index is -0.923. The number of benzene rings is 3. The van der Waals surface area contributed by atoms with Crippen molar-refractivity contribution in [1.82, 2.24) is 0 Å². The maximum Gasteiger partial charge on any atom is 0.300 e. The van der Waals surface area contributed by atoms with Crippen LogP contribution >= 0.6 is 0 Å². The molecule has 32 heavy (non-hydrogen) atoms. The molecule has 1 saturated heterocycles. The number of amides is 1. The zero-order chi connectivity index (χ0) is 22.8. The van der Waals surface area contributed by atoms with E-state index in [1.165, 1.54) is 36.3 Å². The van der Waals surface area contributed by atoms with Crippen LogP contribution in [0, 0.1) is 5.82 Å². The minimum absolute atomic E-state index is 0.0781. The average molecular weight is 431 g/mol. The standard InChI is InChI=1S/C26H22FNO4/c1-3-16-8-14-19(15-9-16)28-23(17-10-12-18(27)13-11-17)22(25(30)26(28)31)24(29)20-6-4-5-7-21(20)32-2/h4-15,23,29H,3H2,1-2H3/b24-22-. The number of carbonyl (C=O) groups is 2. The van der Waals surface area contributed by atoms with E-state index in [0.29, 0.717) is 22.6 Å². The summed E-state index contributed by atoms with van der Waals surface area (Å²) < 4.78 is 19.0. The fourth-order valence-corrected chi connectivity index (χ4v) is 3.94. The van der Waals surface area contributed by atoms with Crippen molar-refractivity contribution in [2.45, 2.75) is 19.4 Å². The highest BCUT2D eigenvalue weighted by atomic mass is 19.1. The normalized spacial score (nSPS) is 17.6. The Labute approximate surface area is 185 Å². The first-order valence-electron chi connectivity index (χ1n) is 10.2. The molecular formula is C26H22FNO4. The van der Waals surface area contributed by atoms with Gasteiger partial charge in [0.2, 0.25) is 0 Å². The second-order valence-corrected chi connectivity index (χ2v) is 7.44. The molecule has 0 bridgehead atoms. The van der Waals surface area contributed by atoms with Gasteiger partial charge in [0, 0.05) is 5.69 Å². The van der Waals surface area contributed by atoms with Gasteiger partial charge in [0.1, 0.15) is 17.3 Å². The predicted octanol–water partition coefficient (Wildman–Crippen LogP) is 5.02. The van der Waals surface area contributed by atoms with Gasteiger partial charge in [0.05, 0.1) is 24.3 Å². The molecule has 0 radical (unpaired) electrons. The Morgan fingerprint density at radius 1 is 1.00 bits per heavy atom. The third-order valence-electron chi connectivity index (χ3n) is 5.62. The Morgan fingerprint density at radius 2 is 1.66 bits per heavy atom. The molecule has 3 aromatic rings. The van der Waals surface area contributed by atoms with Gasteiger partial charge >= 0.3 is 0 Å². The molecule has 1 unspecified atom stereocenters. The van der Waals surface area contributed by atoms with Gasteiger partial charge in [-0.05, 0) is 53.9 Å². The van der Waals surface area contributed by atoms with Crippen LogP contribution in [0.5, 0.6) is 5.75 Å². The number of ether oxygens (including phenoxy) is 1. The number of anilines is 1. The van der Waals surface area contributed by atoms with E-state index in [2.05, 4.69) is 0 Å². The van der Waals surface area contributed by atoms with Gasteiger partial charge in [-0.15, -0.1) is 0 Å². The largest absolute Gasteiger partial charge is 0.507 e. The van der Waals surface area contributed by atoms with Crippen LogP contribution in [-0.4, -0.2) is 23.9 Å². The van der Waals surface area contributed by atoms with Crippen molar-refractivity contribution in [2.75, 3.05) is 12.0 Å².